The van der Waals surface area contributed by atoms with Crippen molar-refractivity contribution >= 4 is 11.6 Å². The van der Waals surface area contributed by atoms with Crippen LogP contribution in [0.4, 0.5) is 5.69 Å². The Hall–Kier alpha value is -2.37. The summed E-state index contributed by atoms with van der Waals surface area (Å²) in [7, 11) is 0. The normalized spacial score (nSPS) is 14.1. The number of nitrogens with zero attached hydrogens (tertiary/aromatic N) is 3. The lowest BCUT2D eigenvalue weighted by Crippen LogP contribution is -2.27. The first-order valence-corrected chi connectivity index (χ1v) is 8.71. The molecular formula is C18H24N4O2. The Morgan fingerprint density at radius 1 is 1.33 bits per heavy atom. The molecule has 2 heterocycles. The fourth-order valence-corrected chi connectivity index (χ4v) is 2.84. The molecule has 3 rings (SSSR count). The van der Waals surface area contributed by atoms with Gasteiger partial charge in [0.05, 0.1) is 6.54 Å². The number of hydrogen-bond donors (Lipinski definition) is 1. The number of aryl methyl sites for hydroxylation is 1. The lowest BCUT2D eigenvalue weighted by Gasteiger charge is -2.15. The van der Waals surface area contributed by atoms with Gasteiger partial charge in [0.2, 0.25) is 5.89 Å². The van der Waals surface area contributed by atoms with E-state index >= 15 is 0 Å². The predicted molar refractivity (Wildman–Crippen MR) is 91.8 cm³/mol. The maximum absolute atomic E-state index is 12.4. The van der Waals surface area contributed by atoms with Crippen LogP contribution in [0.2, 0.25) is 0 Å². The molecule has 24 heavy (non-hydrogen) atoms. The van der Waals surface area contributed by atoms with Crippen LogP contribution in [0.25, 0.3) is 0 Å². The van der Waals surface area contributed by atoms with Crippen LogP contribution in [0.1, 0.15) is 54.7 Å². The summed E-state index contributed by atoms with van der Waals surface area (Å²) >= 11 is 0. The minimum absolute atomic E-state index is 0.107. The lowest BCUT2D eigenvalue weighted by atomic mass is 10.1. The number of benzene rings is 1. The molecule has 0 bridgehead atoms. The molecule has 1 N–H and O–H groups in total. The average Bonchev–Trinajstić information content (AvgIpc) is 3.29. The van der Waals surface area contributed by atoms with Crippen molar-refractivity contribution in [3.05, 3.63) is 41.5 Å². The lowest BCUT2D eigenvalue weighted by molar-refractivity contribution is 0.0793. The van der Waals surface area contributed by atoms with Gasteiger partial charge in [0.1, 0.15) is 0 Å². The van der Waals surface area contributed by atoms with Crippen molar-refractivity contribution in [3.8, 4) is 0 Å². The van der Waals surface area contributed by atoms with Crippen LogP contribution in [0, 0.1) is 0 Å². The molecule has 0 spiro atoms. The van der Waals surface area contributed by atoms with Gasteiger partial charge in [0.25, 0.3) is 5.91 Å². The Labute approximate surface area is 142 Å². The second-order valence-electron chi connectivity index (χ2n) is 6.14. The number of carbonyl (C=O) groups excluding carboxylic acids is 1. The number of aromatic nitrogens is 2. The van der Waals surface area contributed by atoms with E-state index in [0.717, 1.165) is 62.3 Å². The third kappa shape index (κ3) is 4.13. The van der Waals surface area contributed by atoms with Crippen molar-refractivity contribution in [1.29, 1.82) is 0 Å². The first-order valence-electron chi connectivity index (χ1n) is 8.71. The Morgan fingerprint density at radius 3 is 2.96 bits per heavy atom. The predicted octanol–water partition coefficient (Wildman–Crippen LogP) is 3.26. The number of hydrogen-bond acceptors (Lipinski definition) is 5. The summed E-state index contributed by atoms with van der Waals surface area (Å²) in [4.78, 5) is 18.7. The highest BCUT2D eigenvalue weighted by atomic mass is 16.5. The van der Waals surface area contributed by atoms with Gasteiger partial charge in [0.15, 0.2) is 5.82 Å². The maximum Gasteiger partial charge on any atom is 0.253 e. The zero-order valence-corrected chi connectivity index (χ0v) is 14.1. The molecule has 0 atom stereocenters. The smallest absolute Gasteiger partial charge is 0.253 e. The highest BCUT2D eigenvalue weighted by Gasteiger charge is 2.19. The summed E-state index contributed by atoms with van der Waals surface area (Å²) in [6.45, 7) is 4.32. The average molecular weight is 328 g/mol. The molecule has 1 saturated heterocycles. The van der Waals surface area contributed by atoms with Crippen LogP contribution in [0.5, 0.6) is 0 Å². The number of carbonyl (C=O) groups is 1. The van der Waals surface area contributed by atoms with Crippen LogP contribution >= 0.6 is 0 Å². The zero-order valence-electron chi connectivity index (χ0n) is 14.1. The molecule has 1 aliphatic rings. The molecule has 6 nitrogen and oxygen atoms in total. The molecular weight excluding hydrogens is 304 g/mol. The second-order valence-corrected chi connectivity index (χ2v) is 6.14. The number of unbranched alkanes of at least 4 members (excludes halogenated alkanes) is 1. The topological polar surface area (TPSA) is 71.3 Å². The Balaban J connectivity index is 1.58. The summed E-state index contributed by atoms with van der Waals surface area (Å²) in [5.74, 6) is 1.43. The first-order chi connectivity index (χ1) is 11.8. The summed E-state index contributed by atoms with van der Waals surface area (Å²) in [5, 5.41) is 7.23. The molecule has 0 aliphatic carbocycles. The van der Waals surface area contributed by atoms with Gasteiger partial charge in [-0.05, 0) is 37.5 Å². The first kappa shape index (κ1) is 16.5. The van der Waals surface area contributed by atoms with Crippen molar-refractivity contribution in [2.75, 3.05) is 18.4 Å². The van der Waals surface area contributed by atoms with Crippen LogP contribution in [-0.2, 0) is 13.0 Å². The maximum atomic E-state index is 12.4. The zero-order chi connectivity index (χ0) is 16.8. The van der Waals surface area contributed by atoms with E-state index in [0.29, 0.717) is 12.4 Å². The van der Waals surface area contributed by atoms with Crippen LogP contribution in [-0.4, -0.2) is 34.0 Å². The number of anilines is 1. The van der Waals surface area contributed by atoms with Gasteiger partial charge >= 0.3 is 0 Å². The standard InChI is InChI=1S/C18H24N4O2/c1-2-3-9-16-20-17(24-21-16)13-19-15-8-6-7-14(12-15)18(23)22-10-4-5-11-22/h6-8,12,19H,2-5,9-11,13H2,1H3. The van der Waals surface area contributed by atoms with E-state index in [-0.39, 0.29) is 5.91 Å². The van der Waals surface area contributed by atoms with Gasteiger partial charge < -0.3 is 14.7 Å². The molecule has 6 heteroatoms. The highest BCUT2D eigenvalue weighted by molar-refractivity contribution is 5.95. The van der Waals surface area contributed by atoms with Crippen molar-refractivity contribution in [2.45, 2.75) is 45.6 Å². The monoisotopic (exact) mass is 328 g/mol. The minimum Gasteiger partial charge on any atom is -0.376 e. The van der Waals surface area contributed by atoms with Gasteiger partial charge in [-0.15, -0.1) is 0 Å². The van der Waals surface area contributed by atoms with Crippen molar-refractivity contribution in [1.82, 2.24) is 15.0 Å². The van der Waals surface area contributed by atoms with Crippen LogP contribution in [0.3, 0.4) is 0 Å². The fourth-order valence-electron chi connectivity index (χ4n) is 2.84. The largest absolute Gasteiger partial charge is 0.376 e. The van der Waals surface area contributed by atoms with Crippen molar-refractivity contribution < 1.29 is 9.32 Å². The molecule has 0 unspecified atom stereocenters. The molecule has 1 amide bonds. The Kier molecular flexibility index (Phi) is 5.46. The van der Waals surface area contributed by atoms with Gasteiger partial charge in [-0.1, -0.05) is 24.6 Å². The van der Waals surface area contributed by atoms with E-state index in [1.54, 1.807) is 0 Å². The van der Waals surface area contributed by atoms with Gasteiger partial charge in [-0.3, -0.25) is 4.79 Å². The third-order valence-corrected chi connectivity index (χ3v) is 4.21. The number of amides is 1. The van der Waals surface area contributed by atoms with Gasteiger partial charge in [0, 0.05) is 30.8 Å². The third-order valence-electron chi connectivity index (χ3n) is 4.21. The van der Waals surface area contributed by atoms with E-state index in [4.69, 9.17) is 4.52 Å². The van der Waals surface area contributed by atoms with E-state index in [1.165, 1.54) is 0 Å². The highest BCUT2D eigenvalue weighted by Crippen LogP contribution is 2.17. The van der Waals surface area contributed by atoms with Gasteiger partial charge in [-0.2, -0.15) is 4.98 Å². The van der Waals surface area contributed by atoms with Crippen molar-refractivity contribution in [3.63, 3.8) is 0 Å². The molecule has 1 aromatic heterocycles. The van der Waals surface area contributed by atoms with Crippen molar-refractivity contribution in [2.24, 2.45) is 0 Å². The molecule has 1 aromatic carbocycles. The molecule has 1 fully saturated rings. The Bertz CT molecular complexity index is 677. The molecule has 0 saturated carbocycles. The van der Waals surface area contributed by atoms with Crippen LogP contribution < -0.4 is 5.32 Å². The van der Waals surface area contributed by atoms with Crippen LogP contribution in [0.15, 0.2) is 28.8 Å². The summed E-state index contributed by atoms with van der Waals surface area (Å²) in [6, 6.07) is 7.58. The number of nitrogens with one attached hydrogen (secondary N) is 1. The fraction of sp³-hybridized carbons (Fsp3) is 0.500. The van der Waals surface area contributed by atoms with Gasteiger partial charge in [-0.25, -0.2) is 0 Å². The molecule has 1 aliphatic heterocycles. The van der Waals surface area contributed by atoms with E-state index in [9.17, 15) is 4.79 Å². The SMILES string of the molecule is CCCCc1noc(CNc2cccc(C(=O)N3CCCC3)c2)n1. The quantitative estimate of drug-likeness (QED) is 0.844. The number of rotatable bonds is 7. The summed E-state index contributed by atoms with van der Waals surface area (Å²) in [6.07, 6.45) is 5.22. The molecule has 128 valence electrons. The van der Waals surface area contributed by atoms with E-state index in [1.807, 2.05) is 29.2 Å². The Morgan fingerprint density at radius 2 is 2.17 bits per heavy atom. The van der Waals surface area contributed by atoms with E-state index < -0.39 is 0 Å². The second kappa shape index (κ2) is 7.95. The molecule has 2 aromatic rings. The number of likely N-dealkylation sites (tertiary alicyclic amines) is 1. The molecule has 0 radical (unpaired) electrons. The summed E-state index contributed by atoms with van der Waals surface area (Å²) < 4.78 is 5.24. The minimum atomic E-state index is 0.107. The summed E-state index contributed by atoms with van der Waals surface area (Å²) in [5.41, 5.74) is 1.60. The van der Waals surface area contributed by atoms with E-state index in [2.05, 4.69) is 22.4 Å².